The van der Waals surface area contributed by atoms with Crippen molar-refractivity contribution in [1.29, 1.82) is 0 Å². The van der Waals surface area contributed by atoms with Gasteiger partial charge < -0.3 is 15.7 Å². The second kappa shape index (κ2) is 12.6. The van der Waals surface area contributed by atoms with Gasteiger partial charge in [0.25, 0.3) is 0 Å². The lowest BCUT2D eigenvalue weighted by molar-refractivity contribution is 0.0698. The van der Waals surface area contributed by atoms with Gasteiger partial charge in [-0.1, -0.05) is 56.9 Å². The third kappa shape index (κ3) is 7.06. The molecule has 7 heteroatoms. The first-order valence-electron chi connectivity index (χ1n) is 11.9. The van der Waals surface area contributed by atoms with Gasteiger partial charge in [-0.15, -0.1) is 0 Å². The van der Waals surface area contributed by atoms with Crippen molar-refractivity contribution in [2.24, 2.45) is 0 Å². The number of aromatic carboxylic acids is 1. The van der Waals surface area contributed by atoms with E-state index in [0.29, 0.717) is 34.7 Å². The van der Waals surface area contributed by atoms with Gasteiger partial charge in [0.1, 0.15) is 5.82 Å². The number of para-hydroxylation sites is 1. The Balaban J connectivity index is 1.69. The first-order valence-corrected chi connectivity index (χ1v) is 11.9. The van der Waals surface area contributed by atoms with Crippen LogP contribution in [-0.4, -0.2) is 30.7 Å². The highest BCUT2D eigenvalue weighted by Crippen LogP contribution is 2.30. The molecule has 3 rings (SSSR count). The molecule has 0 aromatic heterocycles. The summed E-state index contributed by atoms with van der Waals surface area (Å²) in [5.41, 5.74) is 2.60. The Kier molecular flexibility index (Phi) is 9.23. The number of benzene rings is 3. The van der Waals surface area contributed by atoms with E-state index in [1.54, 1.807) is 61.6 Å². The fourth-order valence-corrected chi connectivity index (χ4v) is 3.80. The maximum Gasteiger partial charge on any atom is 0.337 e. The molecule has 3 aromatic rings. The Morgan fingerprint density at radius 1 is 0.943 bits per heavy atom. The second-order valence-electron chi connectivity index (χ2n) is 8.43. The van der Waals surface area contributed by atoms with Crippen molar-refractivity contribution in [1.82, 2.24) is 5.32 Å². The largest absolute Gasteiger partial charge is 0.478 e. The van der Waals surface area contributed by atoms with Gasteiger partial charge in [0.2, 0.25) is 0 Å². The standard InChI is InChI=1S/C28H32FN3O3/c1-3-4-5-6-9-17-30-28(35)32(2)22-12-10-11-20(18-22)23-16-15-21(19-25(23)29)31-26-14-8-7-13-24(26)27(33)34/h7-8,10-16,18-19,31H,3-6,9,17H2,1-2H3,(H,30,35)(H,33,34). The summed E-state index contributed by atoms with van der Waals surface area (Å²) in [4.78, 5) is 25.5. The predicted octanol–water partition coefficient (Wildman–Crippen LogP) is 7.05. The Morgan fingerprint density at radius 2 is 1.71 bits per heavy atom. The lowest BCUT2D eigenvalue weighted by Gasteiger charge is -2.19. The van der Waals surface area contributed by atoms with Crippen LogP contribution < -0.4 is 15.5 Å². The molecule has 0 radical (unpaired) electrons. The number of nitrogens with one attached hydrogen (secondary N) is 2. The number of nitrogens with zero attached hydrogens (tertiary/aromatic N) is 1. The van der Waals surface area contributed by atoms with Crippen LogP contribution in [0, 0.1) is 5.82 Å². The molecule has 3 N–H and O–H groups in total. The number of amides is 2. The molecule has 0 aliphatic carbocycles. The molecule has 0 saturated heterocycles. The van der Waals surface area contributed by atoms with Gasteiger partial charge in [0.15, 0.2) is 0 Å². The van der Waals surface area contributed by atoms with E-state index in [1.165, 1.54) is 36.3 Å². The maximum absolute atomic E-state index is 15.0. The minimum absolute atomic E-state index is 0.104. The molecule has 0 fully saturated rings. The average Bonchev–Trinajstić information content (AvgIpc) is 2.86. The number of halogens is 1. The van der Waals surface area contributed by atoms with E-state index in [0.717, 1.165) is 12.8 Å². The first kappa shape index (κ1) is 25.7. The van der Waals surface area contributed by atoms with Crippen molar-refractivity contribution < 1.29 is 19.1 Å². The van der Waals surface area contributed by atoms with Gasteiger partial charge in [-0.3, -0.25) is 4.90 Å². The number of anilines is 3. The van der Waals surface area contributed by atoms with Crippen LogP contribution in [0.1, 0.15) is 49.4 Å². The topological polar surface area (TPSA) is 81.7 Å². The van der Waals surface area contributed by atoms with Crippen molar-refractivity contribution in [2.45, 2.75) is 39.0 Å². The van der Waals surface area contributed by atoms with Gasteiger partial charge in [-0.2, -0.15) is 0 Å². The van der Waals surface area contributed by atoms with Crippen LogP contribution in [-0.2, 0) is 0 Å². The molecule has 3 aromatic carbocycles. The van der Waals surface area contributed by atoms with Crippen LogP contribution in [0.25, 0.3) is 11.1 Å². The molecule has 0 spiro atoms. The van der Waals surface area contributed by atoms with E-state index in [2.05, 4.69) is 17.6 Å². The molecule has 2 amide bonds. The summed E-state index contributed by atoms with van der Waals surface area (Å²) in [5, 5.41) is 15.3. The van der Waals surface area contributed by atoms with Crippen molar-refractivity contribution in [3.05, 3.63) is 78.1 Å². The number of hydrogen-bond donors (Lipinski definition) is 3. The molecule has 0 saturated carbocycles. The van der Waals surface area contributed by atoms with E-state index in [-0.39, 0.29) is 11.6 Å². The third-order valence-corrected chi connectivity index (χ3v) is 5.81. The zero-order valence-corrected chi connectivity index (χ0v) is 20.2. The molecule has 6 nitrogen and oxygen atoms in total. The van der Waals surface area contributed by atoms with Crippen LogP contribution in [0.2, 0.25) is 0 Å². The zero-order chi connectivity index (χ0) is 25.2. The summed E-state index contributed by atoms with van der Waals surface area (Å²) in [6, 6.07) is 18.1. The fourth-order valence-electron chi connectivity index (χ4n) is 3.80. The average molecular weight is 478 g/mol. The molecule has 0 atom stereocenters. The lowest BCUT2D eigenvalue weighted by atomic mass is 10.0. The van der Waals surface area contributed by atoms with Crippen LogP contribution >= 0.6 is 0 Å². The smallest absolute Gasteiger partial charge is 0.337 e. The SMILES string of the molecule is CCCCCCCNC(=O)N(C)c1cccc(-c2ccc(Nc3ccccc3C(=O)O)cc2F)c1. The van der Waals surface area contributed by atoms with Crippen molar-refractivity contribution in [2.75, 3.05) is 23.8 Å². The first-order chi connectivity index (χ1) is 16.9. The summed E-state index contributed by atoms with van der Waals surface area (Å²) < 4.78 is 15.0. The minimum Gasteiger partial charge on any atom is -0.478 e. The highest BCUT2D eigenvalue weighted by Gasteiger charge is 2.14. The van der Waals surface area contributed by atoms with Crippen LogP contribution in [0.5, 0.6) is 0 Å². The highest BCUT2D eigenvalue weighted by molar-refractivity contribution is 5.95. The summed E-state index contributed by atoms with van der Waals surface area (Å²) in [5.74, 6) is -1.52. The molecule has 0 bridgehead atoms. The number of carbonyl (C=O) groups excluding carboxylic acids is 1. The minimum atomic E-state index is -1.06. The molecule has 0 heterocycles. The van der Waals surface area contributed by atoms with Gasteiger partial charge in [-0.25, -0.2) is 14.0 Å². The summed E-state index contributed by atoms with van der Waals surface area (Å²) in [7, 11) is 1.69. The molecule has 35 heavy (non-hydrogen) atoms. The van der Waals surface area contributed by atoms with E-state index in [9.17, 15) is 14.7 Å². The third-order valence-electron chi connectivity index (χ3n) is 5.81. The van der Waals surface area contributed by atoms with Crippen molar-refractivity contribution in [3.63, 3.8) is 0 Å². The molecule has 0 aliphatic heterocycles. The summed E-state index contributed by atoms with van der Waals surface area (Å²) in [6.07, 6.45) is 5.62. The molecule has 0 unspecified atom stereocenters. The van der Waals surface area contributed by atoms with Gasteiger partial charge >= 0.3 is 12.0 Å². The second-order valence-corrected chi connectivity index (χ2v) is 8.43. The zero-order valence-electron chi connectivity index (χ0n) is 20.2. The number of unbranched alkanes of at least 4 members (excludes halogenated alkanes) is 4. The quantitative estimate of drug-likeness (QED) is 0.258. The predicted molar refractivity (Wildman–Crippen MR) is 139 cm³/mol. The maximum atomic E-state index is 15.0. The fraction of sp³-hybridized carbons (Fsp3) is 0.286. The van der Waals surface area contributed by atoms with Gasteiger partial charge in [-0.05, 0) is 54.4 Å². The summed E-state index contributed by atoms with van der Waals surface area (Å²) >= 11 is 0. The molecule has 0 aliphatic rings. The number of carbonyl (C=O) groups is 2. The molecular weight excluding hydrogens is 445 g/mol. The van der Waals surface area contributed by atoms with Crippen molar-refractivity contribution >= 4 is 29.1 Å². The molecular formula is C28H32FN3O3. The number of urea groups is 1. The summed E-state index contributed by atoms with van der Waals surface area (Å²) in [6.45, 7) is 2.80. The van der Waals surface area contributed by atoms with E-state index in [1.807, 2.05) is 0 Å². The number of carboxylic acid groups (broad SMARTS) is 1. The van der Waals surface area contributed by atoms with E-state index >= 15 is 4.39 Å². The van der Waals surface area contributed by atoms with Gasteiger partial charge in [0.05, 0.1) is 11.3 Å². The Bertz CT molecular complexity index is 1170. The lowest BCUT2D eigenvalue weighted by Crippen LogP contribution is -2.37. The monoisotopic (exact) mass is 477 g/mol. The Morgan fingerprint density at radius 3 is 2.46 bits per heavy atom. The van der Waals surface area contributed by atoms with Crippen LogP contribution in [0.4, 0.5) is 26.2 Å². The number of hydrogen-bond acceptors (Lipinski definition) is 3. The van der Waals surface area contributed by atoms with Gasteiger partial charge in [0, 0.05) is 30.5 Å². The number of carboxylic acids is 1. The Hall–Kier alpha value is -3.87. The number of rotatable bonds is 11. The van der Waals surface area contributed by atoms with E-state index in [4.69, 9.17) is 0 Å². The van der Waals surface area contributed by atoms with E-state index < -0.39 is 11.8 Å². The normalized spacial score (nSPS) is 10.6. The van der Waals surface area contributed by atoms with Crippen LogP contribution in [0.3, 0.4) is 0 Å². The molecule has 184 valence electrons. The Labute approximate surface area is 205 Å². The highest BCUT2D eigenvalue weighted by atomic mass is 19.1. The van der Waals surface area contributed by atoms with Crippen molar-refractivity contribution in [3.8, 4) is 11.1 Å². The van der Waals surface area contributed by atoms with Crippen LogP contribution in [0.15, 0.2) is 66.7 Å².